The van der Waals surface area contributed by atoms with E-state index in [1.807, 2.05) is 24.4 Å². The molecule has 6 nitrogen and oxygen atoms in total. The summed E-state index contributed by atoms with van der Waals surface area (Å²) in [4.78, 5) is 25.2. The van der Waals surface area contributed by atoms with Gasteiger partial charge in [0, 0.05) is 22.8 Å². The van der Waals surface area contributed by atoms with E-state index in [1.54, 1.807) is 13.0 Å². The monoisotopic (exact) mass is 400 g/mol. The summed E-state index contributed by atoms with van der Waals surface area (Å²) < 4.78 is 6.03. The first kappa shape index (κ1) is 19.8. The van der Waals surface area contributed by atoms with Crippen LogP contribution in [0.1, 0.15) is 30.9 Å². The molecule has 0 saturated heterocycles. The van der Waals surface area contributed by atoms with Gasteiger partial charge in [-0.3, -0.25) is 0 Å². The maximum Gasteiger partial charge on any atom is 0.333 e. The van der Waals surface area contributed by atoms with Crippen LogP contribution in [0.25, 0.3) is 10.9 Å². The highest BCUT2D eigenvalue weighted by Gasteiger charge is 2.18. The van der Waals surface area contributed by atoms with E-state index in [0.717, 1.165) is 10.9 Å². The molecular weight excluding hydrogens is 380 g/mol. The molecule has 28 heavy (non-hydrogen) atoms. The summed E-state index contributed by atoms with van der Waals surface area (Å²) in [5.41, 5.74) is 3.38. The number of nitrogens with one attached hydrogen (secondary N) is 2. The van der Waals surface area contributed by atoms with Crippen LogP contribution in [0.3, 0.4) is 0 Å². The van der Waals surface area contributed by atoms with Gasteiger partial charge < -0.3 is 24.9 Å². The summed E-state index contributed by atoms with van der Waals surface area (Å²) >= 11 is 6.36. The van der Waals surface area contributed by atoms with E-state index in [1.165, 1.54) is 11.6 Å². The minimum Gasteiger partial charge on any atom is -0.479 e. The number of carbonyl (C=O) groups is 2. The zero-order chi connectivity index (χ0) is 20.4. The third-order valence-electron chi connectivity index (χ3n) is 4.48. The summed E-state index contributed by atoms with van der Waals surface area (Å²) in [6.45, 7) is 6.07. The molecule has 3 rings (SSSR count). The zero-order valence-electron chi connectivity index (χ0n) is 15.7. The van der Waals surface area contributed by atoms with E-state index in [0.29, 0.717) is 40.0 Å². The molecule has 7 heteroatoms. The number of hydrogen-bond acceptors (Lipinski definition) is 4. The molecule has 1 aromatic heterocycles. The van der Waals surface area contributed by atoms with E-state index >= 15 is 0 Å². The molecule has 0 amide bonds. The lowest BCUT2D eigenvalue weighted by atomic mass is 10.0. The van der Waals surface area contributed by atoms with Gasteiger partial charge in [-0.15, -0.1) is 0 Å². The Kier molecular flexibility index (Phi) is 5.61. The molecule has 1 unspecified atom stereocenters. The van der Waals surface area contributed by atoms with Crippen LogP contribution in [0, 0.1) is 6.92 Å². The number of hydrogen-bond donors (Lipinski definition) is 3. The Hall–Kier alpha value is -2.99. The summed E-state index contributed by atoms with van der Waals surface area (Å²) in [6, 6.07) is 7.67. The smallest absolute Gasteiger partial charge is 0.333 e. The quantitative estimate of drug-likeness (QED) is 0.378. The van der Waals surface area contributed by atoms with Crippen molar-refractivity contribution < 1.29 is 19.4 Å². The molecule has 1 heterocycles. The number of aromatic amines is 1. The van der Waals surface area contributed by atoms with Crippen LogP contribution in [0.5, 0.6) is 11.5 Å². The number of carboxylic acid groups (broad SMARTS) is 1. The molecule has 0 fully saturated rings. The van der Waals surface area contributed by atoms with Crippen LogP contribution in [0.4, 0.5) is 5.69 Å². The number of fused-ring (bicyclic) bond motifs is 1. The topological polar surface area (TPSA) is 91.4 Å². The van der Waals surface area contributed by atoms with Crippen molar-refractivity contribution in [1.82, 2.24) is 4.98 Å². The Morgan fingerprint density at radius 1 is 1.29 bits per heavy atom. The minimum absolute atomic E-state index is 0.316. The number of carbonyl (C=O) groups excluding carboxylic acids is 1. The highest BCUT2D eigenvalue weighted by molar-refractivity contribution is 6.32. The van der Waals surface area contributed by atoms with Gasteiger partial charge in [0.2, 0.25) is 0 Å². The Balaban J connectivity index is 1.90. The molecule has 146 valence electrons. The van der Waals surface area contributed by atoms with Crippen LogP contribution in [-0.2, 0) is 9.59 Å². The Labute approximate surface area is 167 Å². The lowest BCUT2D eigenvalue weighted by molar-refractivity contribution is -0.139. The number of aryl methyl sites for hydroxylation is 1. The fraction of sp³-hybridized carbons (Fsp3) is 0.238. The molecule has 3 aromatic rings. The molecular formula is C21H21ClN2O4. The van der Waals surface area contributed by atoms with E-state index in [4.69, 9.17) is 21.4 Å². The van der Waals surface area contributed by atoms with E-state index in [9.17, 15) is 9.59 Å². The number of ether oxygens (including phenoxy) is 1. The van der Waals surface area contributed by atoms with Gasteiger partial charge in [0.15, 0.2) is 12.3 Å². The molecule has 0 bridgehead atoms. The largest absolute Gasteiger partial charge is 0.479 e. The number of aromatic nitrogens is 1. The predicted octanol–water partition coefficient (Wildman–Crippen LogP) is 5.11. The fourth-order valence-electron chi connectivity index (χ4n) is 3.06. The number of rotatable bonds is 7. The Morgan fingerprint density at radius 2 is 2.04 bits per heavy atom. The Bertz CT molecular complexity index is 1020. The second-order valence-corrected chi connectivity index (χ2v) is 7.32. The summed E-state index contributed by atoms with van der Waals surface area (Å²) in [7, 11) is 0. The summed E-state index contributed by atoms with van der Waals surface area (Å²) in [5.74, 6) is 0.242. The van der Waals surface area contributed by atoms with Gasteiger partial charge in [0.25, 0.3) is 0 Å². The first-order valence-electron chi connectivity index (χ1n) is 8.83. The number of aliphatic carboxylic acids is 1. The van der Waals surface area contributed by atoms with Crippen molar-refractivity contribution >= 4 is 40.4 Å². The minimum atomic E-state index is -1.34. The second kappa shape index (κ2) is 7.94. The maximum atomic E-state index is 11.0. The molecule has 0 aliphatic carbocycles. The maximum absolute atomic E-state index is 11.0. The van der Waals surface area contributed by atoms with E-state index in [-0.39, 0.29) is 0 Å². The molecule has 2 aromatic carbocycles. The van der Waals surface area contributed by atoms with Gasteiger partial charge in [0.1, 0.15) is 11.5 Å². The molecule has 3 N–H and O–H groups in total. The van der Waals surface area contributed by atoms with Crippen molar-refractivity contribution in [3.63, 3.8) is 0 Å². The van der Waals surface area contributed by atoms with Crippen molar-refractivity contribution in [3.8, 4) is 11.5 Å². The number of aldehydes is 1. The van der Waals surface area contributed by atoms with Gasteiger partial charge >= 0.3 is 5.97 Å². The van der Waals surface area contributed by atoms with Crippen LogP contribution < -0.4 is 10.1 Å². The second-order valence-electron chi connectivity index (χ2n) is 6.91. The van der Waals surface area contributed by atoms with Gasteiger partial charge in [-0.1, -0.05) is 25.4 Å². The van der Waals surface area contributed by atoms with Crippen molar-refractivity contribution in [2.24, 2.45) is 0 Å². The zero-order valence-corrected chi connectivity index (χ0v) is 16.5. The predicted molar refractivity (Wildman–Crippen MR) is 110 cm³/mol. The molecule has 0 saturated carbocycles. The van der Waals surface area contributed by atoms with E-state index in [2.05, 4.69) is 24.1 Å². The van der Waals surface area contributed by atoms with Crippen molar-refractivity contribution in [2.75, 3.05) is 5.32 Å². The normalized spacial score (nSPS) is 12.2. The van der Waals surface area contributed by atoms with Crippen molar-refractivity contribution in [1.29, 1.82) is 0 Å². The first-order chi connectivity index (χ1) is 13.3. The van der Waals surface area contributed by atoms with E-state index < -0.39 is 12.0 Å². The average molecular weight is 401 g/mol. The van der Waals surface area contributed by atoms with Crippen molar-refractivity contribution in [3.05, 3.63) is 52.7 Å². The SMILES string of the molecule is Cc1cc(NC(C=O)C(=O)O)cc(Cl)c1Oc1ccc2[nH]cc(C(C)C)c2c1. The molecule has 0 spiro atoms. The summed E-state index contributed by atoms with van der Waals surface area (Å²) in [6.07, 6.45) is 2.33. The van der Waals surface area contributed by atoms with Crippen LogP contribution >= 0.6 is 11.6 Å². The van der Waals surface area contributed by atoms with Gasteiger partial charge in [-0.2, -0.15) is 0 Å². The first-order valence-corrected chi connectivity index (χ1v) is 9.21. The summed E-state index contributed by atoms with van der Waals surface area (Å²) in [5, 5.41) is 13.0. The third kappa shape index (κ3) is 3.97. The lowest BCUT2D eigenvalue weighted by Crippen LogP contribution is -2.30. The molecule has 0 radical (unpaired) electrons. The van der Waals surface area contributed by atoms with Crippen molar-refractivity contribution in [2.45, 2.75) is 32.7 Å². The van der Waals surface area contributed by atoms with Crippen LogP contribution in [0.15, 0.2) is 36.5 Å². The fourth-order valence-corrected chi connectivity index (χ4v) is 3.36. The third-order valence-corrected chi connectivity index (χ3v) is 4.76. The van der Waals surface area contributed by atoms with Gasteiger partial charge in [-0.05, 0) is 54.3 Å². The Morgan fingerprint density at radius 3 is 2.64 bits per heavy atom. The number of benzene rings is 2. The van der Waals surface area contributed by atoms with Gasteiger partial charge in [-0.25, -0.2) is 4.79 Å². The molecule has 0 aliphatic rings. The lowest BCUT2D eigenvalue weighted by Gasteiger charge is -2.15. The number of halogens is 1. The standard InChI is InChI=1S/C21H21ClN2O4/c1-11(2)16-9-23-18-5-4-14(8-15(16)18)28-20-12(3)6-13(7-17(20)22)24-19(10-25)21(26)27/h4-11,19,23-24H,1-3H3,(H,26,27). The van der Waals surface area contributed by atoms with Crippen LogP contribution in [0.2, 0.25) is 5.02 Å². The van der Waals surface area contributed by atoms with Gasteiger partial charge in [0.05, 0.1) is 5.02 Å². The number of H-pyrrole nitrogens is 1. The average Bonchev–Trinajstić information content (AvgIpc) is 3.06. The number of anilines is 1. The molecule has 0 aliphatic heterocycles. The highest BCUT2D eigenvalue weighted by atomic mass is 35.5. The highest BCUT2D eigenvalue weighted by Crippen LogP contribution is 2.37. The van der Waals surface area contributed by atoms with Crippen LogP contribution in [-0.4, -0.2) is 28.4 Å². The molecule has 1 atom stereocenters. The number of carboxylic acids is 1.